The van der Waals surface area contributed by atoms with Crippen molar-refractivity contribution in [3.8, 4) is 0 Å². The second kappa shape index (κ2) is 5.81. The van der Waals surface area contributed by atoms with Gasteiger partial charge in [0.1, 0.15) is 0 Å². The highest BCUT2D eigenvalue weighted by molar-refractivity contribution is 7.91. The van der Waals surface area contributed by atoms with Crippen molar-refractivity contribution in [3.63, 3.8) is 0 Å². The number of rotatable bonds is 2. The normalized spacial score (nSPS) is 24.6. The number of fused-ring (bicyclic) bond motifs is 1. The van der Waals surface area contributed by atoms with E-state index in [1.54, 1.807) is 0 Å². The molecule has 2 atom stereocenters. The first-order chi connectivity index (χ1) is 11.9. The van der Waals surface area contributed by atoms with Crippen molar-refractivity contribution in [1.29, 1.82) is 0 Å². The zero-order valence-electron chi connectivity index (χ0n) is 14.2. The number of aryl methyl sites for hydroxylation is 2. The highest BCUT2D eigenvalue weighted by atomic mass is 32.2. The van der Waals surface area contributed by atoms with Crippen LogP contribution in [-0.4, -0.2) is 37.1 Å². The van der Waals surface area contributed by atoms with E-state index in [4.69, 9.17) is 12.2 Å². The van der Waals surface area contributed by atoms with Gasteiger partial charge in [-0.2, -0.15) is 0 Å². The minimum absolute atomic E-state index is 0.138. The van der Waals surface area contributed by atoms with Crippen molar-refractivity contribution >= 4 is 38.5 Å². The van der Waals surface area contributed by atoms with Crippen LogP contribution in [0.5, 0.6) is 0 Å². The number of hydrogen-bond donors (Lipinski definition) is 0. The number of benzene rings is 2. The average Bonchev–Trinajstić information content (AvgIpc) is 2.95. The van der Waals surface area contributed by atoms with Crippen molar-refractivity contribution in [2.45, 2.75) is 25.9 Å². The van der Waals surface area contributed by atoms with E-state index in [1.807, 2.05) is 54.0 Å². The Balaban J connectivity index is 1.83. The largest absolute Gasteiger partial charge is 0.312 e. The molecule has 0 aromatic heterocycles. The Morgan fingerprint density at radius 2 is 1.40 bits per heavy atom. The molecule has 0 bridgehead atoms. The van der Waals surface area contributed by atoms with Gasteiger partial charge < -0.3 is 9.80 Å². The molecule has 2 aromatic rings. The van der Waals surface area contributed by atoms with Gasteiger partial charge in [0.15, 0.2) is 14.9 Å². The van der Waals surface area contributed by atoms with Gasteiger partial charge in [-0.25, -0.2) is 8.42 Å². The van der Waals surface area contributed by atoms with Gasteiger partial charge in [-0.05, 0) is 61.5 Å². The molecule has 4 nitrogen and oxygen atoms in total. The van der Waals surface area contributed by atoms with E-state index in [0.29, 0.717) is 5.11 Å². The van der Waals surface area contributed by atoms with E-state index in [1.165, 1.54) is 0 Å². The lowest BCUT2D eigenvalue weighted by atomic mass is 10.1. The third-order valence-corrected chi connectivity index (χ3v) is 6.98. The predicted octanol–water partition coefficient (Wildman–Crippen LogP) is 3.08. The molecule has 0 unspecified atom stereocenters. The maximum Gasteiger partial charge on any atom is 0.181 e. The molecule has 4 rings (SSSR count). The molecule has 0 spiro atoms. The molecule has 2 aliphatic heterocycles. The van der Waals surface area contributed by atoms with Gasteiger partial charge in [0.2, 0.25) is 0 Å². The number of hydrogen-bond acceptors (Lipinski definition) is 3. The summed E-state index contributed by atoms with van der Waals surface area (Å²) in [7, 11) is -3.07. The molecule has 130 valence electrons. The fourth-order valence-corrected chi connectivity index (χ4v) is 6.39. The number of thiocarbonyl (C=S) groups is 1. The third kappa shape index (κ3) is 2.83. The number of para-hydroxylation sites is 1. The van der Waals surface area contributed by atoms with E-state index >= 15 is 0 Å². The summed E-state index contributed by atoms with van der Waals surface area (Å²) in [5.74, 6) is 0.294. The van der Waals surface area contributed by atoms with E-state index in [0.717, 1.165) is 22.5 Å². The first kappa shape index (κ1) is 16.5. The summed E-state index contributed by atoms with van der Waals surface area (Å²) in [6.07, 6.45) is 0. The fraction of sp³-hybridized carbons (Fsp3) is 0.316. The number of sulfone groups is 1. The quantitative estimate of drug-likeness (QED) is 0.758. The van der Waals surface area contributed by atoms with Crippen LogP contribution in [0.1, 0.15) is 11.1 Å². The molecule has 25 heavy (non-hydrogen) atoms. The summed E-state index contributed by atoms with van der Waals surface area (Å²) in [6, 6.07) is 15.8. The molecular formula is C19H20N2O2S2. The van der Waals surface area contributed by atoms with Crippen LogP contribution >= 0.6 is 12.2 Å². The fourth-order valence-electron chi connectivity index (χ4n) is 3.99. The van der Waals surface area contributed by atoms with Crippen molar-refractivity contribution in [2.75, 3.05) is 21.3 Å². The van der Waals surface area contributed by atoms with Crippen LogP contribution in [0.4, 0.5) is 11.4 Å². The third-order valence-electron chi connectivity index (χ3n) is 4.89. The summed E-state index contributed by atoms with van der Waals surface area (Å²) >= 11 is 5.80. The Morgan fingerprint density at radius 3 is 1.96 bits per heavy atom. The van der Waals surface area contributed by atoms with E-state index in [9.17, 15) is 8.42 Å². The minimum atomic E-state index is -3.07. The Kier molecular flexibility index (Phi) is 3.85. The molecular weight excluding hydrogens is 352 g/mol. The van der Waals surface area contributed by atoms with Crippen LogP contribution in [0.3, 0.4) is 0 Å². The zero-order valence-corrected chi connectivity index (χ0v) is 15.8. The van der Waals surface area contributed by atoms with Crippen LogP contribution in [0.15, 0.2) is 48.5 Å². The van der Waals surface area contributed by atoms with Crippen LogP contribution in [0.2, 0.25) is 0 Å². The lowest BCUT2D eigenvalue weighted by molar-refractivity contribution is 0.601. The Hall–Kier alpha value is -1.92. The van der Waals surface area contributed by atoms with Crippen LogP contribution < -0.4 is 9.80 Å². The van der Waals surface area contributed by atoms with Gasteiger partial charge in [0, 0.05) is 11.4 Å². The topological polar surface area (TPSA) is 40.6 Å². The zero-order chi connectivity index (χ0) is 17.8. The van der Waals surface area contributed by atoms with E-state index in [2.05, 4.69) is 18.2 Å². The molecule has 2 aliphatic rings. The second-order valence-corrected chi connectivity index (χ2v) is 9.43. The lowest BCUT2D eigenvalue weighted by Gasteiger charge is -2.26. The summed E-state index contributed by atoms with van der Waals surface area (Å²) in [5, 5.41) is 0.682. The van der Waals surface area contributed by atoms with Gasteiger partial charge >= 0.3 is 0 Å². The predicted molar refractivity (Wildman–Crippen MR) is 106 cm³/mol. The van der Waals surface area contributed by atoms with Crippen LogP contribution in [0, 0.1) is 13.8 Å². The number of nitrogens with zero attached hydrogens (tertiary/aromatic N) is 2. The summed E-state index contributed by atoms with van der Waals surface area (Å²) in [6.45, 7) is 4.10. The lowest BCUT2D eigenvalue weighted by Crippen LogP contribution is -2.37. The molecule has 6 heteroatoms. The second-order valence-electron chi connectivity index (χ2n) is 6.92. The first-order valence-corrected chi connectivity index (χ1v) is 10.5. The molecule has 0 saturated carbocycles. The van der Waals surface area contributed by atoms with Crippen molar-refractivity contribution in [1.82, 2.24) is 0 Å². The smallest absolute Gasteiger partial charge is 0.181 e. The summed E-state index contributed by atoms with van der Waals surface area (Å²) in [4.78, 5) is 4.06. The highest BCUT2D eigenvalue weighted by Crippen LogP contribution is 2.38. The van der Waals surface area contributed by atoms with E-state index in [-0.39, 0.29) is 23.6 Å². The Bertz CT molecular complexity index is 921. The summed E-state index contributed by atoms with van der Waals surface area (Å²) in [5.41, 5.74) is 4.22. The van der Waals surface area contributed by atoms with Gasteiger partial charge in [-0.3, -0.25) is 0 Å². The Morgan fingerprint density at radius 1 is 0.880 bits per heavy atom. The summed E-state index contributed by atoms with van der Waals surface area (Å²) < 4.78 is 24.7. The van der Waals surface area contributed by atoms with Gasteiger partial charge in [-0.15, -0.1) is 0 Å². The Labute approximate surface area is 154 Å². The van der Waals surface area contributed by atoms with Crippen molar-refractivity contribution < 1.29 is 8.42 Å². The molecule has 2 heterocycles. The molecule has 2 aromatic carbocycles. The highest BCUT2D eigenvalue weighted by Gasteiger charge is 2.52. The molecule has 0 aliphatic carbocycles. The van der Waals surface area contributed by atoms with Gasteiger partial charge in [0.05, 0.1) is 23.6 Å². The SMILES string of the molecule is Cc1cc(C)cc(N2C(=S)N(c3ccccc3)[C@H]3CS(=O)(=O)C[C@H]32)c1. The molecule has 0 radical (unpaired) electrons. The molecule has 2 saturated heterocycles. The first-order valence-electron chi connectivity index (χ1n) is 8.32. The van der Waals surface area contributed by atoms with Gasteiger partial charge in [0.25, 0.3) is 0 Å². The number of anilines is 2. The van der Waals surface area contributed by atoms with E-state index < -0.39 is 9.84 Å². The molecule has 0 N–H and O–H groups in total. The van der Waals surface area contributed by atoms with Crippen LogP contribution in [0.25, 0.3) is 0 Å². The molecule has 0 amide bonds. The van der Waals surface area contributed by atoms with Gasteiger partial charge in [-0.1, -0.05) is 24.3 Å². The standard InChI is InChI=1S/C19H20N2O2S2/c1-13-8-14(2)10-16(9-13)21-18-12-25(22,23)11-17(18)20(19(21)24)15-6-4-3-5-7-15/h3-10,17-18H,11-12H2,1-2H3/t17-,18+/m0/s1. The molecule has 2 fully saturated rings. The van der Waals surface area contributed by atoms with Crippen molar-refractivity contribution in [2.24, 2.45) is 0 Å². The average molecular weight is 373 g/mol. The van der Waals surface area contributed by atoms with Crippen molar-refractivity contribution in [3.05, 3.63) is 59.7 Å². The minimum Gasteiger partial charge on any atom is -0.312 e. The maximum atomic E-state index is 12.3. The van der Waals surface area contributed by atoms with Crippen LogP contribution in [-0.2, 0) is 9.84 Å². The maximum absolute atomic E-state index is 12.3. The monoisotopic (exact) mass is 372 g/mol.